The van der Waals surface area contributed by atoms with E-state index in [-0.39, 0.29) is 5.91 Å². The monoisotopic (exact) mass is 411 g/mol. The van der Waals surface area contributed by atoms with Crippen LogP contribution in [0.4, 0.5) is 5.69 Å². The highest BCUT2D eigenvalue weighted by atomic mass is 16.5. The van der Waals surface area contributed by atoms with Crippen LogP contribution in [0.1, 0.15) is 10.4 Å². The van der Waals surface area contributed by atoms with Crippen LogP contribution < -0.4 is 14.8 Å². The lowest BCUT2D eigenvalue weighted by Gasteiger charge is -2.11. The third-order valence-electron chi connectivity index (χ3n) is 4.76. The number of methoxy groups -OCH3 is 1. The number of carbonyl (C=O) groups is 1. The Morgan fingerprint density at radius 2 is 1.84 bits per heavy atom. The average molecular weight is 411 g/mol. The van der Waals surface area contributed by atoms with Gasteiger partial charge in [0.05, 0.1) is 23.7 Å². The number of fused-ring (bicyclic) bond motifs is 3. The van der Waals surface area contributed by atoms with Crippen molar-refractivity contribution in [1.29, 1.82) is 0 Å². The van der Waals surface area contributed by atoms with E-state index >= 15 is 0 Å². The second kappa shape index (κ2) is 7.75. The molecule has 0 fully saturated rings. The number of amides is 1. The molecule has 2 heterocycles. The highest BCUT2D eigenvalue weighted by Crippen LogP contribution is 2.28. The molecule has 1 N–H and O–H groups in total. The van der Waals surface area contributed by atoms with Gasteiger partial charge in [0.1, 0.15) is 17.8 Å². The number of hydrogen-bond donors (Lipinski definition) is 1. The molecule has 0 aliphatic heterocycles. The number of rotatable bonds is 5. The molecule has 0 aliphatic rings. The van der Waals surface area contributed by atoms with E-state index in [1.165, 1.54) is 7.11 Å². The van der Waals surface area contributed by atoms with Crippen LogP contribution in [0.2, 0.25) is 0 Å². The third kappa shape index (κ3) is 3.51. The number of para-hydroxylation sites is 3. The highest BCUT2D eigenvalue weighted by Gasteiger charge is 2.14. The Bertz CT molecular complexity index is 1410. The lowest BCUT2D eigenvalue weighted by Crippen LogP contribution is -2.13. The zero-order chi connectivity index (χ0) is 21.2. The number of carbonyl (C=O) groups excluding carboxylic acids is 1. The van der Waals surface area contributed by atoms with Gasteiger partial charge in [0, 0.05) is 11.8 Å². The predicted octanol–water partition coefficient (Wildman–Crippen LogP) is 4.33. The molecule has 3 aromatic carbocycles. The number of nitrogens with zero attached hydrogens (tertiary/aromatic N) is 4. The predicted molar refractivity (Wildman–Crippen MR) is 116 cm³/mol. The van der Waals surface area contributed by atoms with Crippen LogP contribution >= 0.6 is 0 Å². The number of nitrogens with one attached hydrogen (secondary N) is 1. The van der Waals surface area contributed by atoms with Crippen molar-refractivity contribution in [2.45, 2.75) is 0 Å². The van der Waals surface area contributed by atoms with E-state index in [4.69, 9.17) is 9.47 Å². The van der Waals surface area contributed by atoms with E-state index in [0.29, 0.717) is 34.3 Å². The molecule has 2 aromatic heterocycles. The summed E-state index contributed by atoms with van der Waals surface area (Å²) in [5, 5.41) is 11.0. The number of ether oxygens (including phenoxy) is 2. The van der Waals surface area contributed by atoms with Crippen molar-refractivity contribution in [3.63, 3.8) is 0 Å². The fraction of sp³-hybridized carbons (Fsp3) is 0.0435. The number of anilines is 1. The molecule has 0 radical (unpaired) electrons. The van der Waals surface area contributed by atoms with Crippen LogP contribution in [-0.2, 0) is 0 Å². The van der Waals surface area contributed by atoms with Gasteiger partial charge in [-0.2, -0.15) is 0 Å². The Morgan fingerprint density at radius 1 is 1.00 bits per heavy atom. The van der Waals surface area contributed by atoms with Gasteiger partial charge in [0.25, 0.3) is 11.8 Å². The number of benzene rings is 3. The second-order valence-electron chi connectivity index (χ2n) is 6.71. The van der Waals surface area contributed by atoms with Gasteiger partial charge in [-0.1, -0.05) is 30.3 Å². The lowest BCUT2D eigenvalue weighted by molar-refractivity contribution is 0.102. The van der Waals surface area contributed by atoms with E-state index in [1.807, 2.05) is 34.7 Å². The van der Waals surface area contributed by atoms with Gasteiger partial charge in [-0.15, -0.1) is 10.2 Å². The zero-order valence-electron chi connectivity index (χ0n) is 16.5. The standard InChI is InChI=1S/C23H17N5O3/c1-30-20-12-5-2-9-17(20)22(29)25-15-7-6-8-16(13-15)31-23-21-27-24-14-28(21)19-11-4-3-10-18(19)26-23/h2-14H,1H3,(H,25,29). The van der Waals surface area contributed by atoms with Crippen molar-refractivity contribution >= 4 is 28.3 Å². The van der Waals surface area contributed by atoms with Crippen molar-refractivity contribution in [2.75, 3.05) is 12.4 Å². The van der Waals surface area contributed by atoms with Crippen molar-refractivity contribution in [3.8, 4) is 17.4 Å². The summed E-state index contributed by atoms with van der Waals surface area (Å²) >= 11 is 0. The molecule has 8 nitrogen and oxygen atoms in total. The summed E-state index contributed by atoms with van der Waals surface area (Å²) < 4.78 is 13.1. The van der Waals surface area contributed by atoms with E-state index in [1.54, 1.807) is 48.8 Å². The van der Waals surface area contributed by atoms with Crippen LogP contribution in [0.3, 0.4) is 0 Å². The molecule has 0 atom stereocenters. The Balaban J connectivity index is 1.44. The highest BCUT2D eigenvalue weighted by molar-refractivity contribution is 6.06. The first-order valence-corrected chi connectivity index (χ1v) is 9.54. The maximum absolute atomic E-state index is 12.7. The van der Waals surface area contributed by atoms with Crippen molar-refractivity contribution < 1.29 is 14.3 Å². The second-order valence-corrected chi connectivity index (χ2v) is 6.71. The van der Waals surface area contributed by atoms with Crippen LogP contribution in [0, 0.1) is 0 Å². The molecule has 0 unspecified atom stereocenters. The average Bonchev–Trinajstić information content (AvgIpc) is 3.30. The Labute approximate surface area is 177 Å². The molecule has 0 saturated carbocycles. The minimum atomic E-state index is -0.279. The Morgan fingerprint density at radius 3 is 2.74 bits per heavy atom. The minimum Gasteiger partial charge on any atom is -0.496 e. The number of aromatic nitrogens is 4. The minimum absolute atomic E-state index is 0.279. The van der Waals surface area contributed by atoms with E-state index in [2.05, 4.69) is 20.5 Å². The molecule has 31 heavy (non-hydrogen) atoms. The molecule has 0 bridgehead atoms. The Hall–Kier alpha value is -4.46. The SMILES string of the molecule is COc1ccccc1C(=O)Nc1cccc(Oc2nc3ccccc3n3cnnc23)c1. The maximum Gasteiger partial charge on any atom is 0.266 e. The molecular weight excluding hydrogens is 394 g/mol. The van der Waals surface area contributed by atoms with E-state index in [0.717, 1.165) is 11.0 Å². The molecule has 5 rings (SSSR count). The summed E-state index contributed by atoms with van der Waals surface area (Å²) in [7, 11) is 1.53. The molecule has 0 saturated heterocycles. The van der Waals surface area contributed by atoms with Crippen LogP contribution in [0.5, 0.6) is 17.4 Å². The summed E-state index contributed by atoms with van der Waals surface area (Å²) in [6, 6.07) is 21.8. The van der Waals surface area contributed by atoms with Crippen LogP contribution in [0.15, 0.2) is 79.1 Å². The first kappa shape index (κ1) is 18.6. The van der Waals surface area contributed by atoms with Gasteiger partial charge >= 0.3 is 0 Å². The smallest absolute Gasteiger partial charge is 0.266 e. The van der Waals surface area contributed by atoms with Crippen molar-refractivity contribution in [2.24, 2.45) is 0 Å². The molecule has 0 aliphatic carbocycles. The molecule has 152 valence electrons. The lowest BCUT2D eigenvalue weighted by atomic mass is 10.2. The van der Waals surface area contributed by atoms with Crippen LogP contribution in [-0.4, -0.2) is 32.6 Å². The molecular formula is C23H17N5O3. The van der Waals surface area contributed by atoms with E-state index < -0.39 is 0 Å². The fourth-order valence-electron chi connectivity index (χ4n) is 3.33. The largest absolute Gasteiger partial charge is 0.496 e. The van der Waals surface area contributed by atoms with Gasteiger partial charge in [0.15, 0.2) is 0 Å². The van der Waals surface area contributed by atoms with Gasteiger partial charge in [-0.05, 0) is 36.4 Å². The van der Waals surface area contributed by atoms with Crippen molar-refractivity contribution in [1.82, 2.24) is 19.6 Å². The van der Waals surface area contributed by atoms with E-state index in [9.17, 15) is 4.79 Å². The molecule has 8 heteroatoms. The first-order chi connectivity index (χ1) is 15.2. The summed E-state index contributed by atoms with van der Waals surface area (Å²) in [5.41, 5.74) is 3.16. The third-order valence-corrected chi connectivity index (χ3v) is 4.76. The maximum atomic E-state index is 12.7. The van der Waals surface area contributed by atoms with Gasteiger partial charge in [0.2, 0.25) is 5.65 Å². The fourth-order valence-corrected chi connectivity index (χ4v) is 3.33. The molecule has 5 aromatic rings. The van der Waals surface area contributed by atoms with Gasteiger partial charge in [-0.3, -0.25) is 9.20 Å². The topological polar surface area (TPSA) is 90.6 Å². The van der Waals surface area contributed by atoms with Crippen molar-refractivity contribution in [3.05, 3.63) is 84.7 Å². The normalized spacial score (nSPS) is 10.9. The van der Waals surface area contributed by atoms with Gasteiger partial charge < -0.3 is 14.8 Å². The van der Waals surface area contributed by atoms with Crippen LogP contribution in [0.25, 0.3) is 16.7 Å². The summed E-state index contributed by atoms with van der Waals surface area (Å²) in [4.78, 5) is 17.3. The zero-order valence-corrected chi connectivity index (χ0v) is 16.5. The molecule has 1 amide bonds. The summed E-state index contributed by atoms with van der Waals surface area (Å²) in [5.74, 6) is 1.05. The summed E-state index contributed by atoms with van der Waals surface area (Å²) in [6.45, 7) is 0. The summed E-state index contributed by atoms with van der Waals surface area (Å²) in [6.07, 6.45) is 1.62. The first-order valence-electron chi connectivity index (χ1n) is 9.54. The number of hydrogen-bond acceptors (Lipinski definition) is 6. The Kier molecular flexibility index (Phi) is 4.64. The quantitative estimate of drug-likeness (QED) is 0.463. The van der Waals surface area contributed by atoms with Gasteiger partial charge in [-0.25, -0.2) is 4.98 Å². The molecule has 0 spiro atoms.